The van der Waals surface area contributed by atoms with Gasteiger partial charge in [0.15, 0.2) is 0 Å². The Bertz CT molecular complexity index is 938. The molecule has 0 aliphatic rings. The number of nitrogens with zero attached hydrogens (tertiary/aromatic N) is 3. The highest BCUT2D eigenvalue weighted by Gasteiger charge is 2.04. The summed E-state index contributed by atoms with van der Waals surface area (Å²) in [5, 5.41) is 1.05. The van der Waals surface area contributed by atoms with E-state index in [1.54, 1.807) is 24.7 Å². The molecule has 0 aliphatic heterocycles. The Balaban J connectivity index is 0.00000104. The molecule has 122 valence electrons. The van der Waals surface area contributed by atoms with Crippen molar-refractivity contribution in [3.8, 4) is 16.9 Å². The van der Waals surface area contributed by atoms with Gasteiger partial charge in [-0.15, -0.1) is 24.8 Å². The topological polar surface area (TPSA) is 30.7 Å². The average molecular weight is 362 g/mol. The molecule has 0 unspecified atom stereocenters. The van der Waals surface area contributed by atoms with Crippen LogP contribution < -0.4 is 0 Å². The van der Waals surface area contributed by atoms with Crippen LogP contribution in [-0.4, -0.2) is 14.5 Å². The third-order valence-electron chi connectivity index (χ3n) is 3.62. The first-order valence-corrected chi connectivity index (χ1v) is 6.95. The lowest BCUT2D eigenvalue weighted by molar-refractivity contribution is 0.628. The molecule has 0 atom stereocenters. The molecule has 6 heteroatoms. The van der Waals surface area contributed by atoms with Crippen LogP contribution in [0.15, 0.2) is 73.3 Å². The monoisotopic (exact) mass is 361 g/mol. The van der Waals surface area contributed by atoms with E-state index in [1.807, 2.05) is 35.0 Å². The molecule has 0 radical (unpaired) electrons. The average Bonchev–Trinajstić information content (AvgIpc) is 3.09. The molecule has 0 saturated heterocycles. The Labute approximate surface area is 151 Å². The van der Waals surface area contributed by atoms with E-state index < -0.39 is 0 Å². The highest BCUT2D eigenvalue weighted by Crippen LogP contribution is 2.23. The summed E-state index contributed by atoms with van der Waals surface area (Å²) in [6, 6.07) is 16.4. The van der Waals surface area contributed by atoms with Crippen LogP contribution in [0.25, 0.3) is 27.8 Å². The van der Waals surface area contributed by atoms with Crippen molar-refractivity contribution >= 4 is 35.7 Å². The van der Waals surface area contributed by atoms with Gasteiger partial charge in [-0.3, -0.25) is 0 Å². The molecular weight excluding hydrogens is 348 g/mol. The zero-order valence-corrected chi connectivity index (χ0v) is 14.1. The van der Waals surface area contributed by atoms with Gasteiger partial charge in [0.1, 0.15) is 5.82 Å². The zero-order chi connectivity index (χ0) is 14.9. The van der Waals surface area contributed by atoms with E-state index in [9.17, 15) is 4.39 Å². The van der Waals surface area contributed by atoms with Gasteiger partial charge in [-0.2, -0.15) is 0 Å². The molecule has 0 aliphatic carbocycles. The lowest BCUT2D eigenvalue weighted by Crippen LogP contribution is -1.91. The lowest BCUT2D eigenvalue weighted by Gasteiger charge is -2.06. The number of pyridine rings is 1. The Morgan fingerprint density at radius 1 is 0.875 bits per heavy atom. The zero-order valence-electron chi connectivity index (χ0n) is 12.5. The predicted molar refractivity (Wildman–Crippen MR) is 98.8 cm³/mol. The molecule has 4 aromatic rings. The minimum atomic E-state index is -0.241. The van der Waals surface area contributed by atoms with Gasteiger partial charge in [0.05, 0.1) is 17.5 Å². The fourth-order valence-electron chi connectivity index (χ4n) is 2.47. The highest BCUT2D eigenvalue weighted by atomic mass is 35.5. The molecular formula is C18H14Cl2FN3. The molecule has 0 amide bonds. The molecule has 2 aromatic heterocycles. The van der Waals surface area contributed by atoms with Crippen LogP contribution in [0.1, 0.15) is 0 Å². The quantitative estimate of drug-likeness (QED) is 0.498. The predicted octanol–water partition coefficient (Wildman–Crippen LogP) is 5.07. The Kier molecular flexibility index (Phi) is 5.54. The number of fused-ring (bicyclic) bond motifs is 1. The smallest absolute Gasteiger partial charge is 0.123 e. The normalized spacial score (nSPS) is 10.0. The van der Waals surface area contributed by atoms with Crippen LogP contribution >= 0.6 is 24.8 Å². The van der Waals surface area contributed by atoms with Gasteiger partial charge >= 0.3 is 0 Å². The molecule has 0 N–H and O–H groups in total. The van der Waals surface area contributed by atoms with Crippen LogP contribution in [0.4, 0.5) is 4.39 Å². The molecule has 2 aromatic carbocycles. The van der Waals surface area contributed by atoms with Gasteiger partial charge < -0.3 is 4.57 Å². The van der Waals surface area contributed by atoms with Crippen LogP contribution in [0, 0.1) is 5.82 Å². The number of imidazole rings is 1. The number of hydrogen-bond acceptors (Lipinski definition) is 2. The van der Waals surface area contributed by atoms with Gasteiger partial charge in [-0.1, -0.05) is 6.07 Å². The first-order valence-electron chi connectivity index (χ1n) is 6.95. The fraction of sp³-hybridized carbons (Fsp3) is 0. The van der Waals surface area contributed by atoms with Gasteiger partial charge in [-0.05, 0) is 48.5 Å². The molecule has 3 nitrogen and oxygen atoms in total. The lowest BCUT2D eigenvalue weighted by atomic mass is 10.1. The Morgan fingerprint density at radius 2 is 1.67 bits per heavy atom. The fourth-order valence-corrected chi connectivity index (χ4v) is 2.47. The number of rotatable bonds is 2. The second-order valence-electron chi connectivity index (χ2n) is 5.05. The van der Waals surface area contributed by atoms with Crippen LogP contribution in [-0.2, 0) is 0 Å². The maximum Gasteiger partial charge on any atom is 0.123 e. The van der Waals surface area contributed by atoms with Crippen molar-refractivity contribution in [1.82, 2.24) is 14.5 Å². The van der Waals surface area contributed by atoms with Gasteiger partial charge in [0, 0.05) is 29.0 Å². The van der Waals surface area contributed by atoms with Crippen molar-refractivity contribution in [2.24, 2.45) is 0 Å². The third kappa shape index (κ3) is 3.40. The molecule has 0 fully saturated rings. The summed E-state index contributed by atoms with van der Waals surface area (Å²) >= 11 is 0. The first-order chi connectivity index (χ1) is 10.8. The van der Waals surface area contributed by atoms with E-state index >= 15 is 0 Å². The SMILES string of the molecule is Cl.Cl.Fc1ccc(-c2ccc3cc(-n4ccnc4)ccc3n2)cc1. The van der Waals surface area contributed by atoms with Crippen molar-refractivity contribution in [3.63, 3.8) is 0 Å². The van der Waals surface area contributed by atoms with Crippen molar-refractivity contribution < 1.29 is 4.39 Å². The highest BCUT2D eigenvalue weighted by molar-refractivity contribution is 5.85. The van der Waals surface area contributed by atoms with E-state index in [0.29, 0.717) is 0 Å². The van der Waals surface area contributed by atoms with E-state index in [2.05, 4.69) is 16.0 Å². The van der Waals surface area contributed by atoms with Gasteiger partial charge in [0.2, 0.25) is 0 Å². The Morgan fingerprint density at radius 3 is 2.38 bits per heavy atom. The summed E-state index contributed by atoms with van der Waals surface area (Å²) in [6.45, 7) is 0. The molecule has 4 rings (SSSR count). The van der Waals surface area contributed by atoms with E-state index in [4.69, 9.17) is 0 Å². The standard InChI is InChI=1S/C18H12FN3.2ClH/c19-15-4-1-13(2-5-15)17-7-3-14-11-16(6-8-18(14)21-17)22-10-9-20-12-22;;/h1-12H;2*1H. The molecule has 0 saturated carbocycles. The van der Waals surface area contributed by atoms with Crippen molar-refractivity contribution in [2.75, 3.05) is 0 Å². The number of halogens is 3. The number of hydrogen-bond donors (Lipinski definition) is 0. The van der Waals surface area contributed by atoms with Crippen LogP contribution in [0.5, 0.6) is 0 Å². The first kappa shape index (κ1) is 17.9. The minimum absolute atomic E-state index is 0. The van der Waals surface area contributed by atoms with Crippen molar-refractivity contribution in [3.05, 3.63) is 79.1 Å². The summed E-state index contributed by atoms with van der Waals surface area (Å²) in [4.78, 5) is 8.71. The summed E-state index contributed by atoms with van der Waals surface area (Å²) in [5.74, 6) is -0.241. The second kappa shape index (κ2) is 7.43. The maximum absolute atomic E-state index is 13.0. The molecule has 0 bridgehead atoms. The summed E-state index contributed by atoms with van der Waals surface area (Å²) in [7, 11) is 0. The molecule has 0 spiro atoms. The summed E-state index contributed by atoms with van der Waals surface area (Å²) in [6.07, 6.45) is 5.42. The number of aromatic nitrogens is 3. The summed E-state index contributed by atoms with van der Waals surface area (Å²) < 4.78 is 15.0. The third-order valence-corrected chi connectivity index (χ3v) is 3.62. The van der Waals surface area contributed by atoms with Gasteiger partial charge in [-0.25, -0.2) is 14.4 Å². The second-order valence-corrected chi connectivity index (χ2v) is 5.05. The molecule has 24 heavy (non-hydrogen) atoms. The van der Waals surface area contributed by atoms with E-state index in [-0.39, 0.29) is 30.6 Å². The number of benzene rings is 2. The maximum atomic E-state index is 13.0. The van der Waals surface area contributed by atoms with Crippen molar-refractivity contribution in [1.29, 1.82) is 0 Å². The van der Waals surface area contributed by atoms with E-state index in [0.717, 1.165) is 27.8 Å². The van der Waals surface area contributed by atoms with Crippen LogP contribution in [0.3, 0.4) is 0 Å². The van der Waals surface area contributed by atoms with Crippen molar-refractivity contribution in [2.45, 2.75) is 0 Å². The largest absolute Gasteiger partial charge is 0.306 e. The molecule has 2 heterocycles. The van der Waals surface area contributed by atoms with Gasteiger partial charge in [0.25, 0.3) is 0 Å². The Hall–Kier alpha value is -2.43. The van der Waals surface area contributed by atoms with E-state index in [1.165, 1.54) is 12.1 Å². The minimum Gasteiger partial charge on any atom is -0.306 e. The summed E-state index contributed by atoms with van der Waals surface area (Å²) in [5.41, 5.74) is 3.69. The van der Waals surface area contributed by atoms with Crippen LogP contribution in [0.2, 0.25) is 0 Å².